The van der Waals surface area contributed by atoms with Crippen LogP contribution in [-0.4, -0.2) is 26.9 Å². The molecule has 178 valence electrons. The quantitative estimate of drug-likeness (QED) is 0.385. The lowest BCUT2D eigenvalue weighted by atomic mass is 10.0. The summed E-state index contributed by atoms with van der Waals surface area (Å²) in [5.74, 6) is -0.759. The fraction of sp³-hybridized carbons (Fsp3) is 0.185. The number of fused-ring (bicyclic) bond motifs is 1. The highest BCUT2D eigenvalue weighted by atomic mass is 35.5. The molecule has 8 heteroatoms. The van der Waals surface area contributed by atoms with E-state index in [4.69, 9.17) is 11.6 Å². The number of carbonyl (C=O) groups is 2. The number of benzene rings is 3. The summed E-state index contributed by atoms with van der Waals surface area (Å²) in [5.41, 5.74) is 0.993. The zero-order chi connectivity index (χ0) is 24.9. The second kappa shape index (κ2) is 10.5. The second-order valence-corrected chi connectivity index (χ2v) is 8.76. The van der Waals surface area contributed by atoms with Crippen molar-refractivity contribution in [2.24, 2.45) is 0 Å². The monoisotopic (exact) mass is 489 g/mol. The molecule has 35 heavy (non-hydrogen) atoms. The minimum Gasteiger partial charge on any atom is -0.344 e. The lowest BCUT2D eigenvalue weighted by Gasteiger charge is -2.18. The second-order valence-electron chi connectivity index (χ2n) is 8.32. The maximum Gasteiger partial charge on any atom is 0.317 e. The Morgan fingerprint density at radius 2 is 1.43 bits per heavy atom. The smallest absolute Gasteiger partial charge is 0.317 e. The molecule has 4 aromatic rings. The van der Waals surface area contributed by atoms with E-state index >= 15 is 0 Å². The van der Waals surface area contributed by atoms with Crippen LogP contribution in [0.4, 0.5) is 0 Å². The number of carbonyl (C=O) groups excluding carboxylic acids is 2. The Balaban J connectivity index is 1.68. The molecule has 1 heterocycles. The number of aromatic nitrogens is 2. The van der Waals surface area contributed by atoms with E-state index < -0.39 is 29.6 Å². The van der Waals surface area contributed by atoms with Crippen molar-refractivity contribution in [3.8, 4) is 0 Å². The number of hydrogen-bond donors (Lipinski definition) is 1. The van der Waals surface area contributed by atoms with Gasteiger partial charge in [0.2, 0.25) is 5.91 Å². The molecule has 0 bridgehead atoms. The molecule has 1 N–H and O–H groups in total. The standard InChI is InChI=1S/C27H24ClN3O4/c1-18(32)22(14-19-8-4-2-5-9-19)29-25(33)17-31-24-15-21(28)12-13-23(24)30(26(34)27(31)35)16-20-10-6-3-7-11-20/h2-13,15,22H,14,16-17H2,1H3,(H,29,33)/t22-/m1/s1. The number of ketones is 1. The van der Waals surface area contributed by atoms with Crippen LogP contribution in [0.3, 0.4) is 0 Å². The van der Waals surface area contributed by atoms with Gasteiger partial charge in [-0.2, -0.15) is 0 Å². The van der Waals surface area contributed by atoms with E-state index in [1.54, 1.807) is 18.2 Å². The Morgan fingerprint density at radius 3 is 2.06 bits per heavy atom. The highest BCUT2D eigenvalue weighted by Crippen LogP contribution is 2.18. The van der Waals surface area contributed by atoms with E-state index in [0.29, 0.717) is 22.5 Å². The van der Waals surface area contributed by atoms with Gasteiger partial charge in [0.15, 0.2) is 5.78 Å². The molecule has 0 unspecified atom stereocenters. The van der Waals surface area contributed by atoms with Crippen LogP contribution in [0.15, 0.2) is 88.5 Å². The number of halogens is 1. The number of nitrogens with one attached hydrogen (secondary N) is 1. The third kappa shape index (κ3) is 5.58. The van der Waals surface area contributed by atoms with Gasteiger partial charge in [0.25, 0.3) is 0 Å². The molecule has 0 saturated carbocycles. The summed E-state index contributed by atoms with van der Waals surface area (Å²) < 4.78 is 2.49. The third-order valence-electron chi connectivity index (χ3n) is 5.79. The Morgan fingerprint density at radius 1 is 0.829 bits per heavy atom. The molecule has 0 aliphatic carbocycles. The molecular formula is C27H24ClN3O4. The van der Waals surface area contributed by atoms with Gasteiger partial charge in [-0.15, -0.1) is 0 Å². The number of nitrogens with zero attached hydrogens (tertiary/aromatic N) is 2. The first kappa shape index (κ1) is 24.2. The first-order valence-electron chi connectivity index (χ1n) is 11.1. The molecule has 0 aliphatic heterocycles. The van der Waals surface area contributed by atoms with Gasteiger partial charge in [-0.3, -0.25) is 28.3 Å². The normalized spacial score (nSPS) is 11.8. The zero-order valence-electron chi connectivity index (χ0n) is 19.1. The predicted octanol–water partition coefficient (Wildman–Crippen LogP) is 3.18. The SMILES string of the molecule is CC(=O)[C@@H](Cc1ccccc1)NC(=O)Cn1c(=O)c(=O)n(Cc2ccccc2)c2ccc(Cl)cc21. The van der Waals surface area contributed by atoms with Gasteiger partial charge in [0.05, 0.1) is 23.6 Å². The van der Waals surface area contributed by atoms with E-state index in [1.165, 1.54) is 11.5 Å². The highest BCUT2D eigenvalue weighted by Gasteiger charge is 2.20. The molecule has 0 aliphatic rings. The molecule has 4 rings (SSSR count). The van der Waals surface area contributed by atoms with Crippen molar-refractivity contribution >= 4 is 34.3 Å². The van der Waals surface area contributed by atoms with Gasteiger partial charge in [0.1, 0.15) is 6.54 Å². The molecule has 1 atom stereocenters. The summed E-state index contributed by atoms with van der Waals surface area (Å²) in [7, 11) is 0. The Labute approximate surface area is 206 Å². The van der Waals surface area contributed by atoms with Crippen molar-refractivity contribution < 1.29 is 9.59 Å². The summed E-state index contributed by atoms with van der Waals surface area (Å²) in [4.78, 5) is 51.2. The van der Waals surface area contributed by atoms with Crippen molar-refractivity contribution in [2.45, 2.75) is 32.5 Å². The van der Waals surface area contributed by atoms with Crippen molar-refractivity contribution in [3.63, 3.8) is 0 Å². The van der Waals surface area contributed by atoms with Crippen LogP contribution in [0.25, 0.3) is 11.0 Å². The lowest BCUT2D eigenvalue weighted by Crippen LogP contribution is -2.47. The molecular weight excluding hydrogens is 466 g/mol. The van der Waals surface area contributed by atoms with E-state index in [1.807, 2.05) is 60.7 Å². The lowest BCUT2D eigenvalue weighted by molar-refractivity contribution is -0.127. The molecule has 1 amide bonds. The number of rotatable bonds is 8. The molecule has 0 spiro atoms. The number of amides is 1. The van der Waals surface area contributed by atoms with Gasteiger partial charge in [0, 0.05) is 5.02 Å². The van der Waals surface area contributed by atoms with E-state index in [0.717, 1.165) is 15.7 Å². The summed E-state index contributed by atoms with van der Waals surface area (Å²) in [6, 6.07) is 22.7. The summed E-state index contributed by atoms with van der Waals surface area (Å²) in [6.07, 6.45) is 0.321. The Hall–Kier alpha value is -3.97. The van der Waals surface area contributed by atoms with E-state index in [9.17, 15) is 19.2 Å². The average molecular weight is 490 g/mol. The minimum atomic E-state index is -0.840. The molecule has 0 fully saturated rings. The summed E-state index contributed by atoms with van der Waals surface area (Å²) >= 11 is 6.20. The Kier molecular flexibility index (Phi) is 7.27. The van der Waals surface area contributed by atoms with Crippen LogP contribution in [0.2, 0.25) is 5.02 Å². The summed E-state index contributed by atoms with van der Waals surface area (Å²) in [6.45, 7) is 1.18. The van der Waals surface area contributed by atoms with Gasteiger partial charge in [-0.05, 0) is 42.7 Å². The minimum absolute atomic E-state index is 0.198. The maximum atomic E-state index is 13.1. The first-order valence-corrected chi connectivity index (χ1v) is 11.5. The fourth-order valence-electron chi connectivity index (χ4n) is 4.00. The van der Waals surface area contributed by atoms with Gasteiger partial charge < -0.3 is 5.32 Å². The molecule has 7 nitrogen and oxygen atoms in total. The van der Waals surface area contributed by atoms with Crippen LogP contribution < -0.4 is 16.4 Å². The third-order valence-corrected chi connectivity index (χ3v) is 6.02. The molecule has 3 aromatic carbocycles. The van der Waals surface area contributed by atoms with Crippen molar-refractivity contribution in [2.75, 3.05) is 0 Å². The van der Waals surface area contributed by atoms with Crippen molar-refractivity contribution in [1.29, 1.82) is 0 Å². The average Bonchev–Trinajstić information content (AvgIpc) is 2.85. The molecule has 0 saturated heterocycles. The fourth-order valence-corrected chi connectivity index (χ4v) is 4.17. The predicted molar refractivity (Wildman–Crippen MR) is 136 cm³/mol. The zero-order valence-corrected chi connectivity index (χ0v) is 19.9. The topological polar surface area (TPSA) is 90.2 Å². The summed E-state index contributed by atoms with van der Waals surface area (Å²) in [5, 5.41) is 3.07. The van der Waals surface area contributed by atoms with Crippen LogP contribution in [0.5, 0.6) is 0 Å². The first-order chi connectivity index (χ1) is 16.8. The van der Waals surface area contributed by atoms with Crippen LogP contribution >= 0.6 is 11.6 Å². The largest absolute Gasteiger partial charge is 0.344 e. The van der Waals surface area contributed by atoms with Crippen LogP contribution in [0, 0.1) is 0 Å². The van der Waals surface area contributed by atoms with Crippen LogP contribution in [-0.2, 0) is 29.1 Å². The van der Waals surface area contributed by atoms with Crippen molar-refractivity contribution in [1.82, 2.24) is 14.5 Å². The Bertz CT molecular complexity index is 1490. The van der Waals surface area contributed by atoms with Gasteiger partial charge >= 0.3 is 11.1 Å². The number of hydrogen-bond acceptors (Lipinski definition) is 4. The van der Waals surface area contributed by atoms with Gasteiger partial charge in [-0.25, -0.2) is 0 Å². The van der Waals surface area contributed by atoms with E-state index in [-0.39, 0.29) is 12.3 Å². The van der Waals surface area contributed by atoms with Crippen molar-refractivity contribution in [3.05, 3.63) is 116 Å². The number of Topliss-reactive ketones (excluding diaryl/α,β-unsaturated/α-hetero) is 1. The van der Waals surface area contributed by atoms with Gasteiger partial charge in [-0.1, -0.05) is 72.3 Å². The van der Waals surface area contributed by atoms with E-state index in [2.05, 4.69) is 5.32 Å². The molecule has 1 aromatic heterocycles. The highest BCUT2D eigenvalue weighted by molar-refractivity contribution is 6.31. The van der Waals surface area contributed by atoms with Crippen LogP contribution in [0.1, 0.15) is 18.1 Å². The molecule has 0 radical (unpaired) electrons. The maximum absolute atomic E-state index is 13.1.